The minimum atomic E-state index is -3.73. The summed E-state index contributed by atoms with van der Waals surface area (Å²) >= 11 is 0. The number of fused-ring (bicyclic) bond motifs is 1. The third kappa shape index (κ3) is 5.58. The van der Waals surface area contributed by atoms with Crippen LogP contribution in [0.3, 0.4) is 0 Å². The van der Waals surface area contributed by atoms with E-state index < -0.39 is 21.4 Å². The van der Waals surface area contributed by atoms with Crippen LogP contribution in [-0.4, -0.2) is 62.0 Å². The van der Waals surface area contributed by atoms with Crippen LogP contribution in [-0.2, 0) is 40.6 Å². The fourth-order valence-electron chi connectivity index (χ4n) is 5.55. The number of aromatic carboxylic acids is 1. The Kier molecular flexibility index (Phi) is 7.51. The number of nitrogens with one attached hydrogen (secondary N) is 2. The first kappa shape index (κ1) is 27.3. The number of nitrogens with zero attached hydrogens (tertiary/aromatic N) is 2. The standard InChI is InChI=1S/C26H36N4O6S/c1-5-30-22-20(14-26(16-28-23(22)31)8-10-36-11-9-26)21(29-30)15-25(2,3)13-17-12-18(37(34,35)27-4)6-7-19(17)24(32)33/h6-7,12,27H,5,8-11,13-16H2,1-4H3,(H,28,31)(H,32,33). The number of aryl methyl sites for hydroxylation is 1. The van der Waals surface area contributed by atoms with Gasteiger partial charge in [0.2, 0.25) is 10.0 Å². The largest absolute Gasteiger partial charge is 0.478 e. The third-order valence-electron chi connectivity index (χ3n) is 7.58. The predicted molar refractivity (Wildman–Crippen MR) is 137 cm³/mol. The van der Waals surface area contributed by atoms with Gasteiger partial charge in [-0.3, -0.25) is 9.48 Å². The minimum Gasteiger partial charge on any atom is -0.478 e. The van der Waals surface area contributed by atoms with Crippen LogP contribution in [0.5, 0.6) is 0 Å². The molecule has 0 atom stereocenters. The number of rotatable bonds is 8. The maximum Gasteiger partial charge on any atom is 0.335 e. The molecule has 2 aliphatic rings. The number of carboxylic acids is 1. The lowest BCUT2D eigenvalue weighted by molar-refractivity contribution is 0.0160. The Hall–Kier alpha value is -2.76. The third-order valence-corrected chi connectivity index (χ3v) is 8.99. The first-order valence-electron chi connectivity index (χ1n) is 12.6. The molecule has 4 rings (SSSR count). The fraction of sp³-hybridized carbons (Fsp3) is 0.577. The molecule has 0 radical (unpaired) electrons. The number of hydrogen-bond acceptors (Lipinski definition) is 6. The molecule has 1 fully saturated rings. The summed E-state index contributed by atoms with van der Waals surface area (Å²) in [5.74, 6) is -1.23. The molecule has 1 amide bonds. The molecular formula is C26H36N4O6S. The number of amides is 1. The van der Waals surface area contributed by atoms with Gasteiger partial charge in [0.1, 0.15) is 5.69 Å². The van der Waals surface area contributed by atoms with E-state index in [4.69, 9.17) is 9.84 Å². The van der Waals surface area contributed by atoms with Crippen LogP contribution in [0.1, 0.15) is 71.3 Å². The quantitative estimate of drug-likeness (QED) is 0.474. The average molecular weight is 533 g/mol. The zero-order valence-electron chi connectivity index (χ0n) is 21.9. The van der Waals surface area contributed by atoms with E-state index in [0.29, 0.717) is 50.4 Å². The van der Waals surface area contributed by atoms with Crippen molar-refractivity contribution < 1.29 is 27.9 Å². The van der Waals surface area contributed by atoms with Crippen molar-refractivity contribution in [3.63, 3.8) is 0 Å². The van der Waals surface area contributed by atoms with E-state index in [2.05, 4.69) is 10.0 Å². The van der Waals surface area contributed by atoms with Gasteiger partial charge in [0.05, 0.1) is 16.2 Å². The van der Waals surface area contributed by atoms with Gasteiger partial charge in [0.25, 0.3) is 5.91 Å². The maximum absolute atomic E-state index is 13.1. The molecule has 1 aromatic heterocycles. The van der Waals surface area contributed by atoms with Crippen LogP contribution in [0, 0.1) is 10.8 Å². The van der Waals surface area contributed by atoms with Crippen molar-refractivity contribution in [2.24, 2.45) is 10.8 Å². The molecule has 1 saturated heterocycles. The molecule has 0 saturated carbocycles. The Bertz CT molecular complexity index is 1310. The molecule has 3 N–H and O–H groups in total. The molecule has 2 aliphatic heterocycles. The van der Waals surface area contributed by atoms with Gasteiger partial charge in [-0.2, -0.15) is 5.10 Å². The molecule has 0 aliphatic carbocycles. The van der Waals surface area contributed by atoms with Crippen LogP contribution >= 0.6 is 0 Å². The molecule has 202 valence electrons. The zero-order chi connectivity index (χ0) is 27.0. The SMILES string of the molecule is CCn1nc(CC(C)(C)Cc2cc(S(=O)(=O)NC)ccc2C(=O)O)c2c1C(=O)NCC1(CCOCC1)C2. The highest BCUT2D eigenvalue weighted by Gasteiger charge is 2.40. The van der Waals surface area contributed by atoms with Crippen molar-refractivity contribution in [2.45, 2.75) is 64.3 Å². The number of carbonyl (C=O) groups excluding carboxylic acids is 1. The van der Waals surface area contributed by atoms with Crippen molar-refractivity contribution in [3.8, 4) is 0 Å². The van der Waals surface area contributed by atoms with E-state index in [1.54, 1.807) is 4.68 Å². The molecule has 37 heavy (non-hydrogen) atoms. The summed E-state index contributed by atoms with van der Waals surface area (Å²) in [4.78, 5) is 25.1. The summed E-state index contributed by atoms with van der Waals surface area (Å²) < 4.78 is 34.4. The van der Waals surface area contributed by atoms with Crippen molar-refractivity contribution >= 4 is 21.9 Å². The molecule has 11 heteroatoms. The lowest BCUT2D eigenvalue weighted by Gasteiger charge is -2.36. The lowest BCUT2D eigenvalue weighted by Crippen LogP contribution is -2.40. The maximum atomic E-state index is 13.1. The number of benzene rings is 1. The van der Waals surface area contributed by atoms with E-state index in [1.807, 2.05) is 20.8 Å². The summed E-state index contributed by atoms with van der Waals surface area (Å²) in [6.45, 7) is 8.46. The van der Waals surface area contributed by atoms with E-state index >= 15 is 0 Å². The van der Waals surface area contributed by atoms with Crippen LogP contribution < -0.4 is 10.0 Å². The van der Waals surface area contributed by atoms with Crippen LogP contribution in [0.2, 0.25) is 0 Å². The van der Waals surface area contributed by atoms with Crippen molar-refractivity contribution in [1.29, 1.82) is 0 Å². The highest BCUT2D eigenvalue weighted by atomic mass is 32.2. The Morgan fingerprint density at radius 1 is 1.27 bits per heavy atom. The number of carboxylic acid groups (broad SMARTS) is 1. The van der Waals surface area contributed by atoms with E-state index in [-0.39, 0.29) is 21.8 Å². The predicted octanol–water partition coefficient (Wildman–Crippen LogP) is 2.40. The normalized spacial score (nSPS) is 17.8. The topological polar surface area (TPSA) is 140 Å². The number of carbonyl (C=O) groups is 2. The van der Waals surface area contributed by atoms with Gasteiger partial charge in [-0.25, -0.2) is 17.9 Å². The van der Waals surface area contributed by atoms with Crippen molar-refractivity contribution in [3.05, 3.63) is 46.3 Å². The summed E-state index contributed by atoms with van der Waals surface area (Å²) in [6, 6.07) is 4.09. The van der Waals surface area contributed by atoms with E-state index in [0.717, 1.165) is 30.5 Å². The fourth-order valence-corrected chi connectivity index (χ4v) is 6.33. The molecule has 1 spiro atoms. The summed E-state index contributed by atoms with van der Waals surface area (Å²) in [5.41, 5.74) is 2.35. The van der Waals surface area contributed by atoms with Gasteiger partial charge >= 0.3 is 5.97 Å². The second kappa shape index (κ2) is 10.2. The highest BCUT2D eigenvalue weighted by Crippen LogP contribution is 2.39. The molecule has 0 unspecified atom stereocenters. The van der Waals surface area contributed by atoms with Gasteiger partial charge in [-0.15, -0.1) is 0 Å². The van der Waals surface area contributed by atoms with E-state index in [9.17, 15) is 23.1 Å². The Morgan fingerprint density at radius 3 is 2.59 bits per heavy atom. The highest BCUT2D eigenvalue weighted by molar-refractivity contribution is 7.89. The molecule has 0 bridgehead atoms. The van der Waals surface area contributed by atoms with Crippen LogP contribution in [0.15, 0.2) is 23.1 Å². The molecular weight excluding hydrogens is 496 g/mol. The lowest BCUT2D eigenvalue weighted by atomic mass is 9.74. The number of sulfonamides is 1. The Balaban J connectivity index is 1.71. The number of hydrogen-bond donors (Lipinski definition) is 3. The zero-order valence-corrected chi connectivity index (χ0v) is 22.7. The van der Waals surface area contributed by atoms with Gasteiger partial charge in [0.15, 0.2) is 0 Å². The van der Waals surface area contributed by atoms with Crippen LogP contribution in [0.4, 0.5) is 0 Å². The van der Waals surface area contributed by atoms with Crippen LogP contribution in [0.25, 0.3) is 0 Å². The van der Waals surface area contributed by atoms with Gasteiger partial charge < -0.3 is 15.2 Å². The summed E-state index contributed by atoms with van der Waals surface area (Å²) in [7, 11) is -2.41. The second-order valence-electron chi connectivity index (χ2n) is 10.9. The second-order valence-corrected chi connectivity index (χ2v) is 12.8. The van der Waals surface area contributed by atoms with Gasteiger partial charge in [-0.1, -0.05) is 13.8 Å². The molecule has 2 aromatic rings. The Morgan fingerprint density at radius 2 is 1.97 bits per heavy atom. The van der Waals surface area contributed by atoms with Crippen molar-refractivity contribution in [2.75, 3.05) is 26.8 Å². The molecule has 3 heterocycles. The first-order valence-corrected chi connectivity index (χ1v) is 14.1. The minimum absolute atomic E-state index is 0.0214. The first-order chi connectivity index (χ1) is 17.4. The van der Waals surface area contributed by atoms with E-state index in [1.165, 1.54) is 25.2 Å². The number of aromatic nitrogens is 2. The Labute approximate surface area is 217 Å². The average Bonchev–Trinajstić information content (AvgIpc) is 3.11. The monoisotopic (exact) mass is 532 g/mol. The number of ether oxygens (including phenoxy) is 1. The summed E-state index contributed by atoms with van der Waals surface area (Å²) in [5, 5.41) is 17.7. The summed E-state index contributed by atoms with van der Waals surface area (Å²) in [6.07, 6.45) is 3.28. The molecule has 10 nitrogen and oxygen atoms in total. The smallest absolute Gasteiger partial charge is 0.335 e. The van der Waals surface area contributed by atoms with Crippen molar-refractivity contribution in [1.82, 2.24) is 19.8 Å². The molecule has 1 aromatic carbocycles. The van der Waals surface area contributed by atoms with Gasteiger partial charge in [0, 0.05) is 31.9 Å². The van der Waals surface area contributed by atoms with Gasteiger partial charge in [-0.05, 0) is 80.7 Å².